The van der Waals surface area contributed by atoms with Crippen molar-refractivity contribution in [3.05, 3.63) is 15.9 Å². The molecular weight excluding hydrogens is 242 g/mol. The highest BCUT2D eigenvalue weighted by atomic mass is 16.3. The van der Waals surface area contributed by atoms with Crippen molar-refractivity contribution >= 4 is 0 Å². The smallest absolute Gasteiger partial charge is 0.288 e. The van der Waals surface area contributed by atoms with Crippen molar-refractivity contribution in [3.63, 3.8) is 0 Å². The van der Waals surface area contributed by atoms with E-state index in [1.54, 1.807) is 6.07 Å². The van der Waals surface area contributed by atoms with E-state index in [1.165, 1.54) is 9.36 Å². The number of aromatic hydroxyl groups is 1. The van der Waals surface area contributed by atoms with Crippen molar-refractivity contribution in [2.75, 3.05) is 0 Å². The first-order chi connectivity index (χ1) is 8.49. The monoisotopic (exact) mass is 265 g/mol. The summed E-state index contributed by atoms with van der Waals surface area (Å²) in [5, 5.41) is 19.1. The molecule has 5 heteroatoms. The fraction of sp³-hybridized carbons (Fsp3) is 0.714. The lowest BCUT2D eigenvalue weighted by Crippen LogP contribution is -2.34. The Morgan fingerprint density at radius 1 is 1.21 bits per heavy atom. The maximum absolute atomic E-state index is 12.2. The minimum atomic E-state index is -0.462. The van der Waals surface area contributed by atoms with E-state index in [0.717, 1.165) is 6.42 Å². The molecule has 106 valence electrons. The van der Waals surface area contributed by atoms with Crippen LogP contribution in [0.1, 0.15) is 53.5 Å². The third kappa shape index (κ3) is 3.19. The third-order valence-corrected chi connectivity index (χ3v) is 2.93. The molecule has 0 aromatic carbocycles. The lowest BCUT2D eigenvalue weighted by atomic mass is 9.92. The molecule has 0 saturated carbocycles. The van der Waals surface area contributed by atoms with E-state index in [2.05, 4.69) is 20.8 Å². The molecule has 1 aromatic heterocycles. The third-order valence-electron chi connectivity index (χ3n) is 2.93. The lowest BCUT2D eigenvalue weighted by molar-refractivity contribution is 0.227. The van der Waals surface area contributed by atoms with Crippen LogP contribution in [0.25, 0.3) is 0 Å². The summed E-state index contributed by atoms with van der Waals surface area (Å²) in [4.78, 5) is 12.2. The zero-order valence-corrected chi connectivity index (χ0v) is 12.6. The van der Waals surface area contributed by atoms with Gasteiger partial charge in [-0.15, -0.1) is 0 Å². The van der Waals surface area contributed by atoms with Crippen LogP contribution >= 0.6 is 0 Å². The molecule has 0 unspecified atom stereocenters. The molecule has 1 aromatic rings. The van der Waals surface area contributed by atoms with Crippen molar-refractivity contribution in [3.8, 4) is 11.9 Å². The Morgan fingerprint density at radius 3 is 2.11 bits per heavy atom. The van der Waals surface area contributed by atoms with Crippen molar-refractivity contribution < 1.29 is 5.11 Å². The van der Waals surface area contributed by atoms with Gasteiger partial charge in [-0.3, -0.25) is 4.79 Å². The van der Waals surface area contributed by atoms with E-state index in [1.807, 2.05) is 20.8 Å². The highest BCUT2D eigenvalue weighted by molar-refractivity contribution is 5.36. The fourth-order valence-corrected chi connectivity index (χ4v) is 1.96. The van der Waals surface area contributed by atoms with Crippen LogP contribution in [0.3, 0.4) is 0 Å². The Bertz CT molecular complexity index is 560. The highest BCUT2D eigenvalue weighted by Gasteiger charge is 2.27. The Hall–Kier alpha value is -1.70. The van der Waals surface area contributed by atoms with Gasteiger partial charge in [-0.25, -0.2) is 9.36 Å². The fourth-order valence-electron chi connectivity index (χ4n) is 1.96. The van der Waals surface area contributed by atoms with Crippen LogP contribution in [-0.4, -0.2) is 14.5 Å². The Labute approximate surface area is 114 Å². The van der Waals surface area contributed by atoms with Gasteiger partial charge >= 0.3 is 0 Å². The van der Waals surface area contributed by atoms with Crippen LogP contribution in [-0.2, 0) is 12.1 Å². The first kappa shape index (κ1) is 15.4. The molecule has 1 heterocycles. The van der Waals surface area contributed by atoms with E-state index < -0.39 is 11.1 Å². The van der Waals surface area contributed by atoms with Crippen LogP contribution in [0.15, 0.2) is 4.79 Å². The Kier molecular flexibility index (Phi) is 3.85. The van der Waals surface area contributed by atoms with Crippen molar-refractivity contribution in [2.45, 2.75) is 60.0 Å². The molecule has 0 amide bonds. The number of nitrogens with zero attached hydrogens (tertiary/aromatic N) is 3. The van der Waals surface area contributed by atoms with Crippen molar-refractivity contribution in [1.29, 1.82) is 5.26 Å². The average molecular weight is 265 g/mol. The topological polar surface area (TPSA) is 70.9 Å². The molecule has 19 heavy (non-hydrogen) atoms. The zero-order chi connectivity index (χ0) is 15.0. The summed E-state index contributed by atoms with van der Waals surface area (Å²) in [7, 11) is 0. The molecule has 1 rings (SSSR count). The summed E-state index contributed by atoms with van der Waals surface area (Å²) < 4.78 is 2.98. The molecule has 0 radical (unpaired) electrons. The van der Waals surface area contributed by atoms with Crippen LogP contribution in [0.4, 0.5) is 0 Å². The van der Waals surface area contributed by atoms with Gasteiger partial charge in [0.25, 0.3) is 5.56 Å². The number of nitriles is 1. The van der Waals surface area contributed by atoms with Crippen molar-refractivity contribution in [1.82, 2.24) is 9.36 Å². The molecular formula is C14H23N3O2. The maximum Gasteiger partial charge on any atom is 0.288 e. The molecule has 0 fully saturated rings. The second kappa shape index (κ2) is 4.76. The summed E-state index contributed by atoms with van der Waals surface area (Å²) in [6.07, 6.45) is 0.789. The maximum atomic E-state index is 12.2. The summed E-state index contributed by atoms with van der Waals surface area (Å²) in [5.41, 5.74) is -0.978. The van der Waals surface area contributed by atoms with Gasteiger partial charge in [0, 0.05) is 6.54 Å². The molecule has 0 saturated heterocycles. The van der Waals surface area contributed by atoms with Gasteiger partial charge in [0.1, 0.15) is 6.07 Å². The molecule has 0 aliphatic carbocycles. The summed E-state index contributed by atoms with van der Waals surface area (Å²) in [5.74, 6) is -0.242. The lowest BCUT2D eigenvalue weighted by Gasteiger charge is -2.27. The number of aromatic nitrogens is 2. The first-order valence-electron chi connectivity index (χ1n) is 6.44. The van der Waals surface area contributed by atoms with E-state index in [0.29, 0.717) is 6.54 Å². The predicted molar refractivity (Wildman–Crippen MR) is 74.1 cm³/mol. The van der Waals surface area contributed by atoms with E-state index in [4.69, 9.17) is 5.26 Å². The Morgan fingerprint density at radius 2 is 1.74 bits per heavy atom. The van der Waals surface area contributed by atoms with Crippen molar-refractivity contribution in [2.24, 2.45) is 5.41 Å². The SMILES string of the molecule is CC(C)(C)CCn1c(=O)c(C#N)c(O)n1C(C)(C)C. The first-order valence-corrected chi connectivity index (χ1v) is 6.44. The molecule has 5 nitrogen and oxygen atoms in total. The van der Waals surface area contributed by atoms with Gasteiger partial charge in [0.2, 0.25) is 5.88 Å². The largest absolute Gasteiger partial charge is 0.492 e. The molecule has 0 aliphatic heterocycles. The van der Waals surface area contributed by atoms with Gasteiger partial charge < -0.3 is 5.11 Å². The van der Waals surface area contributed by atoms with Gasteiger partial charge in [-0.1, -0.05) is 20.8 Å². The summed E-state index contributed by atoms with van der Waals surface area (Å²) >= 11 is 0. The second-order valence-corrected chi connectivity index (χ2v) is 7.03. The molecule has 1 N–H and O–H groups in total. The van der Waals surface area contributed by atoms with E-state index in [-0.39, 0.29) is 16.9 Å². The highest BCUT2D eigenvalue weighted by Crippen LogP contribution is 2.25. The van der Waals surface area contributed by atoms with Gasteiger partial charge in [-0.2, -0.15) is 5.26 Å². The standard InChI is InChI=1S/C14H23N3O2/c1-13(2,3)7-8-16-11(18)10(9-15)12(19)17(16)14(4,5)6/h19H,7-8H2,1-6H3. The van der Waals surface area contributed by atoms with Crippen LogP contribution in [0, 0.1) is 16.7 Å². The minimum absolute atomic E-state index is 0.0782. The van der Waals surface area contributed by atoms with Gasteiger partial charge in [0.05, 0.1) is 5.54 Å². The predicted octanol–water partition coefficient (Wildman–Crippen LogP) is 2.42. The number of hydrogen-bond donors (Lipinski definition) is 1. The number of hydrogen-bond acceptors (Lipinski definition) is 3. The van der Waals surface area contributed by atoms with Crippen LogP contribution < -0.4 is 5.56 Å². The van der Waals surface area contributed by atoms with Crippen LogP contribution in [0.5, 0.6) is 5.88 Å². The Balaban J connectivity index is 3.38. The molecule has 0 bridgehead atoms. The molecule has 0 aliphatic rings. The second-order valence-electron chi connectivity index (χ2n) is 7.03. The van der Waals surface area contributed by atoms with E-state index in [9.17, 15) is 9.90 Å². The van der Waals surface area contributed by atoms with E-state index >= 15 is 0 Å². The molecule has 0 spiro atoms. The molecule has 0 atom stereocenters. The summed E-state index contributed by atoms with van der Waals surface area (Å²) in [6.45, 7) is 12.4. The van der Waals surface area contributed by atoms with Gasteiger partial charge in [0.15, 0.2) is 5.56 Å². The average Bonchev–Trinajstić information content (AvgIpc) is 2.45. The zero-order valence-electron chi connectivity index (χ0n) is 12.6. The minimum Gasteiger partial charge on any atom is -0.492 e. The quantitative estimate of drug-likeness (QED) is 0.892. The van der Waals surface area contributed by atoms with Crippen LogP contribution in [0.2, 0.25) is 0 Å². The number of rotatable bonds is 2. The van der Waals surface area contributed by atoms with Gasteiger partial charge in [-0.05, 0) is 32.6 Å². The summed E-state index contributed by atoms with van der Waals surface area (Å²) in [6, 6.07) is 1.79. The normalized spacial score (nSPS) is 12.5.